The van der Waals surface area contributed by atoms with Gasteiger partial charge in [0, 0.05) is 5.56 Å². The lowest BCUT2D eigenvalue weighted by Crippen LogP contribution is -2.38. The summed E-state index contributed by atoms with van der Waals surface area (Å²) in [6.07, 6.45) is 7.41. The van der Waals surface area contributed by atoms with Crippen LogP contribution < -0.4 is 0 Å². The molecule has 0 radical (unpaired) electrons. The largest absolute Gasteiger partial charge is 0.478 e. The van der Waals surface area contributed by atoms with Crippen molar-refractivity contribution in [3.8, 4) is 11.3 Å². The van der Waals surface area contributed by atoms with Crippen molar-refractivity contribution in [3.05, 3.63) is 59.9 Å². The molecular formula is C22H18N2O5. The van der Waals surface area contributed by atoms with Gasteiger partial charge in [0.05, 0.1) is 23.6 Å². The molecular weight excluding hydrogens is 372 g/mol. The van der Waals surface area contributed by atoms with Gasteiger partial charge in [-0.15, -0.1) is 0 Å². The van der Waals surface area contributed by atoms with E-state index in [0.29, 0.717) is 11.5 Å². The van der Waals surface area contributed by atoms with E-state index < -0.39 is 5.97 Å². The Labute approximate surface area is 166 Å². The Morgan fingerprint density at radius 2 is 1.62 bits per heavy atom. The van der Waals surface area contributed by atoms with Crippen molar-refractivity contribution < 1.29 is 23.9 Å². The SMILES string of the molecule is O=C(O)c1ccc(-c2ccc(/C=N/N3C(=O)C4C5C=CC(CC5)C4C3=O)o2)cc1. The molecule has 4 atom stereocenters. The molecule has 2 fully saturated rings. The number of nitrogens with zero attached hydrogens (tertiary/aromatic N) is 2. The number of hydrazone groups is 1. The molecule has 1 saturated heterocycles. The van der Waals surface area contributed by atoms with Crippen LogP contribution in [-0.4, -0.2) is 34.1 Å². The fourth-order valence-corrected chi connectivity index (χ4v) is 4.64. The Hall–Kier alpha value is -3.48. The lowest BCUT2D eigenvalue weighted by molar-refractivity contribution is -0.140. The number of fused-ring (bicyclic) bond motifs is 1. The van der Waals surface area contributed by atoms with Crippen LogP contribution >= 0.6 is 0 Å². The highest BCUT2D eigenvalue weighted by Crippen LogP contribution is 2.49. The zero-order valence-electron chi connectivity index (χ0n) is 15.4. The van der Waals surface area contributed by atoms with E-state index in [0.717, 1.165) is 23.4 Å². The number of aromatic carboxylic acids is 1. The fourth-order valence-electron chi connectivity index (χ4n) is 4.64. The van der Waals surface area contributed by atoms with Crippen molar-refractivity contribution in [2.45, 2.75) is 12.8 Å². The molecule has 1 aliphatic heterocycles. The van der Waals surface area contributed by atoms with Crippen LogP contribution in [0.5, 0.6) is 0 Å². The second-order valence-electron chi connectivity index (χ2n) is 7.66. The van der Waals surface area contributed by atoms with Gasteiger partial charge in [0.15, 0.2) is 0 Å². The number of carboxylic acid groups (broad SMARTS) is 1. The van der Waals surface area contributed by atoms with Crippen LogP contribution in [0.2, 0.25) is 0 Å². The quantitative estimate of drug-likeness (QED) is 0.491. The van der Waals surface area contributed by atoms with Gasteiger partial charge in [-0.25, -0.2) is 4.79 Å². The summed E-state index contributed by atoms with van der Waals surface area (Å²) in [6.45, 7) is 0. The van der Waals surface area contributed by atoms with Gasteiger partial charge in [-0.3, -0.25) is 9.59 Å². The lowest BCUT2D eigenvalue weighted by atomic mass is 9.63. The maximum atomic E-state index is 12.8. The highest BCUT2D eigenvalue weighted by molar-refractivity contribution is 6.06. The van der Waals surface area contributed by atoms with E-state index in [1.165, 1.54) is 18.3 Å². The molecule has 2 heterocycles. The van der Waals surface area contributed by atoms with E-state index in [1.54, 1.807) is 24.3 Å². The van der Waals surface area contributed by atoms with Crippen LogP contribution in [0.4, 0.5) is 0 Å². The average Bonchev–Trinajstić information content (AvgIpc) is 3.32. The number of hydrogen-bond donors (Lipinski definition) is 1. The smallest absolute Gasteiger partial charge is 0.335 e. The van der Waals surface area contributed by atoms with E-state index in [9.17, 15) is 14.4 Å². The zero-order valence-corrected chi connectivity index (χ0v) is 15.4. The van der Waals surface area contributed by atoms with Gasteiger partial charge in [-0.1, -0.05) is 24.3 Å². The van der Waals surface area contributed by atoms with Crippen molar-refractivity contribution in [1.29, 1.82) is 0 Å². The predicted octanol–water partition coefficient (Wildman–Crippen LogP) is 3.18. The Bertz CT molecular complexity index is 1030. The first-order valence-corrected chi connectivity index (χ1v) is 9.56. The third-order valence-electron chi connectivity index (χ3n) is 6.08. The van der Waals surface area contributed by atoms with E-state index in [-0.39, 0.29) is 41.0 Å². The van der Waals surface area contributed by atoms with Gasteiger partial charge in [-0.2, -0.15) is 10.1 Å². The number of carboxylic acids is 1. The number of hydrogen-bond acceptors (Lipinski definition) is 5. The summed E-state index contributed by atoms with van der Waals surface area (Å²) < 4.78 is 5.72. The highest BCUT2D eigenvalue weighted by Gasteiger charge is 2.56. The molecule has 7 heteroatoms. The molecule has 2 bridgehead atoms. The first kappa shape index (κ1) is 17.6. The molecule has 2 amide bonds. The fraction of sp³-hybridized carbons (Fsp3) is 0.273. The molecule has 1 saturated carbocycles. The number of amides is 2. The molecule has 7 nitrogen and oxygen atoms in total. The topological polar surface area (TPSA) is 100 Å². The van der Waals surface area contributed by atoms with Gasteiger partial charge in [0.25, 0.3) is 11.8 Å². The van der Waals surface area contributed by atoms with Crippen molar-refractivity contribution in [1.82, 2.24) is 5.01 Å². The summed E-state index contributed by atoms with van der Waals surface area (Å²) in [6, 6.07) is 9.73. The van der Waals surface area contributed by atoms with Gasteiger partial charge < -0.3 is 9.52 Å². The predicted molar refractivity (Wildman–Crippen MR) is 103 cm³/mol. The second-order valence-corrected chi connectivity index (χ2v) is 7.66. The molecule has 4 aliphatic rings. The van der Waals surface area contributed by atoms with Crippen molar-refractivity contribution in [2.24, 2.45) is 28.8 Å². The highest BCUT2D eigenvalue weighted by atomic mass is 16.4. The Kier molecular flexibility index (Phi) is 3.97. The van der Waals surface area contributed by atoms with Gasteiger partial charge >= 0.3 is 5.97 Å². The van der Waals surface area contributed by atoms with Crippen LogP contribution in [0, 0.1) is 23.7 Å². The van der Waals surface area contributed by atoms with Crippen LogP contribution in [0.15, 0.2) is 58.1 Å². The maximum absolute atomic E-state index is 12.8. The monoisotopic (exact) mass is 390 g/mol. The molecule has 1 aromatic heterocycles. The van der Waals surface area contributed by atoms with Crippen molar-refractivity contribution in [2.75, 3.05) is 0 Å². The Morgan fingerprint density at radius 3 is 2.17 bits per heavy atom. The number of benzene rings is 1. The minimum Gasteiger partial charge on any atom is -0.478 e. The normalized spacial score (nSPS) is 27.8. The number of imide groups is 1. The summed E-state index contributed by atoms with van der Waals surface area (Å²) in [4.78, 5) is 36.5. The van der Waals surface area contributed by atoms with Gasteiger partial charge in [0.2, 0.25) is 0 Å². The minimum absolute atomic E-state index is 0.130. The molecule has 6 rings (SSSR count). The number of carbonyl (C=O) groups is 3. The summed E-state index contributed by atoms with van der Waals surface area (Å²) in [7, 11) is 0. The summed E-state index contributed by atoms with van der Waals surface area (Å²) >= 11 is 0. The molecule has 1 N–H and O–H groups in total. The third kappa shape index (κ3) is 2.81. The molecule has 4 unspecified atom stereocenters. The van der Waals surface area contributed by atoms with Gasteiger partial charge in [-0.05, 0) is 48.9 Å². The van der Waals surface area contributed by atoms with Crippen LogP contribution in [0.25, 0.3) is 11.3 Å². The number of rotatable bonds is 4. The molecule has 1 aromatic carbocycles. The van der Waals surface area contributed by atoms with Crippen LogP contribution in [0.1, 0.15) is 29.0 Å². The lowest BCUT2D eigenvalue weighted by Gasteiger charge is -2.37. The Morgan fingerprint density at radius 1 is 1.00 bits per heavy atom. The maximum Gasteiger partial charge on any atom is 0.335 e. The molecule has 2 aromatic rings. The molecule has 29 heavy (non-hydrogen) atoms. The second kappa shape index (κ2) is 6.55. The van der Waals surface area contributed by atoms with Crippen molar-refractivity contribution >= 4 is 24.0 Å². The standard InChI is InChI=1S/C22H18N2O5/c25-20-18-13-3-4-14(6-5-13)19(18)21(26)24(20)23-11-16-9-10-17(29-16)12-1-7-15(8-2-12)22(27)28/h1-4,7-11,13-14,18-19H,5-6H2,(H,27,28)/b23-11+. The summed E-state index contributed by atoms with van der Waals surface area (Å²) in [5.41, 5.74) is 0.912. The summed E-state index contributed by atoms with van der Waals surface area (Å²) in [5.74, 6) is -0.828. The van der Waals surface area contributed by atoms with Gasteiger partial charge in [0.1, 0.15) is 11.5 Å². The Balaban J connectivity index is 1.34. The number of allylic oxidation sites excluding steroid dienone is 2. The molecule has 0 spiro atoms. The van der Waals surface area contributed by atoms with Crippen molar-refractivity contribution in [3.63, 3.8) is 0 Å². The van der Waals surface area contributed by atoms with Crippen LogP contribution in [-0.2, 0) is 9.59 Å². The number of carbonyl (C=O) groups excluding carboxylic acids is 2. The average molecular weight is 390 g/mol. The van der Waals surface area contributed by atoms with E-state index in [4.69, 9.17) is 9.52 Å². The number of furan rings is 1. The first-order valence-electron chi connectivity index (χ1n) is 9.56. The first-order chi connectivity index (χ1) is 14.0. The minimum atomic E-state index is -0.993. The summed E-state index contributed by atoms with van der Waals surface area (Å²) in [5, 5.41) is 14.1. The molecule has 3 aliphatic carbocycles. The van der Waals surface area contributed by atoms with E-state index in [1.807, 2.05) is 0 Å². The van der Waals surface area contributed by atoms with E-state index >= 15 is 0 Å². The zero-order chi connectivity index (χ0) is 20.1. The third-order valence-corrected chi connectivity index (χ3v) is 6.08. The molecule has 146 valence electrons. The van der Waals surface area contributed by atoms with Crippen LogP contribution in [0.3, 0.4) is 0 Å². The van der Waals surface area contributed by atoms with E-state index in [2.05, 4.69) is 17.3 Å².